The highest BCUT2D eigenvalue weighted by atomic mass is 35.5. The minimum absolute atomic E-state index is 0.214. The molecule has 0 radical (unpaired) electrons. The zero-order valence-electron chi connectivity index (χ0n) is 15.3. The van der Waals surface area contributed by atoms with Crippen molar-refractivity contribution in [2.75, 3.05) is 19.0 Å². The average Bonchev–Trinajstić information content (AvgIpc) is 3.22. The first-order valence-electron chi connectivity index (χ1n) is 8.46. The van der Waals surface area contributed by atoms with Crippen molar-refractivity contribution in [3.05, 3.63) is 70.9 Å². The molecule has 1 amide bonds. The largest absolute Gasteiger partial charge is 0.495 e. The maximum Gasteiger partial charge on any atom is 0.338 e. The van der Waals surface area contributed by atoms with Crippen molar-refractivity contribution in [3.63, 3.8) is 0 Å². The van der Waals surface area contributed by atoms with Crippen LogP contribution in [0.3, 0.4) is 0 Å². The summed E-state index contributed by atoms with van der Waals surface area (Å²) in [5.41, 5.74) is 1.34. The SMILES string of the molecule is COc1ccc(Cl)cc1NC(=O)COC(=O)c1ccc(-c2ccc(C=O)o2)cc1. The Morgan fingerprint density at radius 1 is 1.10 bits per heavy atom. The van der Waals surface area contributed by atoms with Crippen molar-refractivity contribution in [1.29, 1.82) is 0 Å². The van der Waals surface area contributed by atoms with Crippen molar-refractivity contribution in [3.8, 4) is 17.1 Å². The number of aldehydes is 1. The van der Waals surface area contributed by atoms with Gasteiger partial charge in [0.15, 0.2) is 18.7 Å². The Hall–Kier alpha value is -3.58. The molecule has 0 unspecified atom stereocenters. The number of rotatable bonds is 7. The van der Waals surface area contributed by atoms with Crippen LogP contribution in [0, 0.1) is 0 Å². The van der Waals surface area contributed by atoms with Crippen LogP contribution in [0.2, 0.25) is 5.02 Å². The summed E-state index contributed by atoms with van der Waals surface area (Å²) in [4.78, 5) is 34.9. The molecule has 0 atom stereocenters. The predicted octanol–water partition coefficient (Wildman–Crippen LogP) is 4.22. The summed E-state index contributed by atoms with van der Waals surface area (Å²) in [6.45, 7) is -0.475. The van der Waals surface area contributed by atoms with Gasteiger partial charge in [0.1, 0.15) is 11.5 Å². The lowest BCUT2D eigenvalue weighted by Crippen LogP contribution is -2.21. The lowest BCUT2D eigenvalue weighted by molar-refractivity contribution is -0.119. The Morgan fingerprint density at radius 2 is 1.86 bits per heavy atom. The number of anilines is 1. The van der Waals surface area contributed by atoms with Crippen LogP contribution in [0.1, 0.15) is 20.9 Å². The maximum absolute atomic E-state index is 12.2. The zero-order chi connectivity index (χ0) is 20.8. The minimum atomic E-state index is -0.655. The smallest absolute Gasteiger partial charge is 0.338 e. The normalized spacial score (nSPS) is 10.3. The monoisotopic (exact) mass is 413 g/mol. The van der Waals surface area contributed by atoms with Gasteiger partial charge in [0, 0.05) is 10.6 Å². The molecule has 0 aliphatic heterocycles. The van der Waals surface area contributed by atoms with E-state index in [1.165, 1.54) is 13.2 Å². The third-order valence-electron chi connectivity index (χ3n) is 3.92. The first-order chi connectivity index (χ1) is 14.0. The lowest BCUT2D eigenvalue weighted by atomic mass is 10.1. The number of amides is 1. The molecule has 1 aromatic heterocycles. The van der Waals surface area contributed by atoms with Gasteiger partial charge < -0.3 is 19.2 Å². The van der Waals surface area contributed by atoms with Crippen LogP contribution in [0.15, 0.2) is 59.0 Å². The highest BCUT2D eigenvalue weighted by Gasteiger charge is 2.13. The van der Waals surface area contributed by atoms with E-state index in [0.29, 0.717) is 34.1 Å². The molecule has 8 heteroatoms. The molecule has 148 valence electrons. The van der Waals surface area contributed by atoms with Crippen LogP contribution in [-0.2, 0) is 9.53 Å². The van der Waals surface area contributed by atoms with Crippen molar-refractivity contribution in [2.45, 2.75) is 0 Å². The zero-order valence-corrected chi connectivity index (χ0v) is 16.1. The molecule has 0 fully saturated rings. The van der Waals surface area contributed by atoms with Crippen molar-refractivity contribution in [1.82, 2.24) is 0 Å². The number of halogens is 1. The second-order valence-electron chi connectivity index (χ2n) is 5.87. The number of hydrogen-bond acceptors (Lipinski definition) is 6. The van der Waals surface area contributed by atoms with Crippen molar-refractivity contribution in [2.24, 2.45) is 0 Å². The molecule has 29 heavy (non-hydrogen) atoms. The number of carbonyl (C=O) groups excluding carboxylic acids is 3. The minimum Gasteiger partial charge on any atom is -0.495 e. The van der Waals surface area contributed by atoms with Crippen molar-refractivity contribution < 1.29 is 28.3 Å². The van der Waals surface area contributed by atoms with E-state index >= 15 is 0 Å². The second kappa shape index (κ2) is 9.07. The summed E-state index contributed by atoms with van der Waals surface area (Å²) < 4.78 is 15.5. The van der Waals surface area contributed by atoms with Crippen LogP contribution < -0.4 is 10.1 Å². The van der Waals surface area contributed by atoms with E-state index in [1.54, 1.807) is 48.5 Å². The molecule has 0 aliphatic carbocycles. The van der Waals surface area contributed by atoms with E-state index in [2.05, 4.69) is 5.32 Å². The topological polar surface area (TPSA) is 94.8 Å². The summed E-state index contributed by atoms with van der Waals surface area (Å²) in [7, 11) is 1.46. The van der Waals surface area contributed by atoms with Gasteiger partial charge in [0.05, 0.1) is 18.4 Å². The average molecular weight is 414 g/mol. The molecule has 3 rings (SSSR count). The number of ether oxygens (including phenoxy) is 2. The third-order valence-corrected chi connectivity index (χ3v) is 4.15. The number of furan rings is 1. The van der Waals surface area contributed by atoms with Crippen LogP contribution in [-0.4, -0.2) is 31.9 Å². The molecule has 0 saturated carbocycles. The van der Waals surface area contributed by atoms with E-state index in [9.17, 15) is 14.4 Å². The van der Waals surface area contributed by atoms with Gasteiger partial charge in [-0.05, 0) is 42.5 Å². The van der Waals surface area contributed by atoms with E-state index < -0.39 is 18.5 Å². The fraction of sp³-hybridized carbons (Fsp3) is 0.0952. The second-order valence-corrected chi connectivity index (χ2v) is 6.30. The molecule has 1 heterocycles. The first-order valence-corrected chi connectivity index (χ1v) is 8.84. The predicted molar refractivity (Wildman–Crippen MR) is 106 cm³/mol. The Balaban J connectivity index is 1.58. The molecule has 0 saturated heterocycles. The summed E-state index contributed by atoms with van der Waals surface area (Å²) in [6, 6.07) is 14.4. The molecule has 0 spiro atoms. The Bertz CT molecular complexity index is 1040. The fourth-order valence-electron chi connectivity index (χ4n) is 2.52. The molecule has 2 aromatic carbocycles. The number of methoxy groups -OCH3 is 1. The van der Waals surface area contributed by atoms with Crippen LogP contribution in [0.4, 0.5) is 5.69 Å². The number of benzene rings is 2. The highest BCUT2D eigenvalue weighted by Crippen LogP contribution is 2.27. The van der Waals surface area contributed by atoms with Gasteiger partial charge in [-0.15, -0.1) is 0 Å². The van der Waals surface area contributed by atoms with E-state index in [1.807, 2.05) is 0 Å². The highest BCUT2D eigenvalue weighted by molar-refractivity contribution is 6.31. The number of hydrogen-bond donors (Lipinski definition) is 1. The summed E-state index contributed by atoms with van der Waals surface area (Å²) >= 11 is 5.92. The third kappa shape index (κ3) is 5.03. The molecule has 0 bridgehead atoms. The Morgan fingerprint density at radius 3 is 2.52 bits per heavy atom. The lowest BCUT2D eigenvalue weighted by Gasteiger charge is -2.11. The number of nitrogens with one attached hydrogen (secondary N) is 1. The first kappa shape index (κ1) is 20.2. The summed E-state index contributed by atoms with van der Waals surface area (Å²) in [6.07, 6.45) is 0.610. The molecule has 0 aliphatic rings. The summed E-state index contributed by atoms with van der Waals surface area (Å²) in [5, 5.41) is 3.01. The summed E-state index contributed by atoms with van der Waals surface area (Å²) in [5.74, 6) is -0.0432. The van der Waals surface area contributed by atoms with E-state index in [4.69, 9.17) is 25.5 Å². The molecule has 3 aromatic rings. The quantitative estimate of drug-likeness (QED) is 0.460. The van der Waals surface area contributed by atoms with Gasteiger partial charge in [-0.25, -0.2) is 4.79 Å². The van der Waals surface area contributed by atoms with E-state index in [-0.39, 0.29) is 11.3 Å². The van der Waals surface area contributed by atoms with Gasteiger partial charge in [-0.2, -0.15) is 0 Å². The van der Waals surface area contributed by atoms with E-state index in [0.717, 1.165) is 0 Å². The Labute approximate surface area is 171 Å². The number of carbonyl (C=O) groups is 3. The van der Waals surface area contributed by atoms with Gasteiger partial charge in [-0.3, -0.25) is 9.59 Å². The molecule has 7 nitrogen and oxygen atoms in total. The van der Waals surface area contributed by atoms with Gasteiger partial charge in [0.25, 0.3) is 5.91 Å². The Kier molecular flexibility index (Phi) is 6.31. The molecular weight excluding hydrogens is 398 g/mol. The van der Waals surface area contributed by atoms with Crippen LogP contribution >= 0.6 is 11.6 Å². The number of esters is 1. The standard InChI is InChI=1S/C21H16ClNO6/c1-27-19-8-6-15(22)10-17(19)23-20(25)12-28-21(26)14-4-2-13(3-5-14)18-9-7-16(11-24)29-18/h2-11H,12H2,1H3,(H,23,25). The van der Waals surface area contributed by atoms with Crippen LogP contribution in [0.25, 0.3) is 11.3 Å². The molecular formula is C21H16ClNO6. The van der Waals surface area contributed by atoms with Gasteiger partial charge >= 0.3 is 5.97 Å². The van der Waals surface area contributed by atoms with Gasteiger partial charge in [0.2, 0.25) is 0 Å². The van der Waals surface area contributed by atoms with Gasteiger partial charge in [-0.1, -0.05) is 23.7 Å². The molecule has 1 N–H and O–H groups in total. The van der Waals surface area contributed by atoms with Crippen LogP contribution in [0.5, 0.6) is 5.75 Å². The maximum atomic E-state index is 12.2. The fourth-order valence-corrected chi connectivity index (χ4v) is 2.69. The van der Waals surface area contributed by atoms with Crippen molar-refractivity contribution >= 4 is 35.5 Å².